The predicted molar refractivity (Wildman–Crippen MR) is 126 cm³/mol. The van der Waals surface area contributed by atoms with Crippen LogP contribution in [0.4, 0.5) is 13.2 Å². The lowest BCUT2D eigenvalue weighted by Crippen LogP contribution is -2.38. The Balaban J connectivity index is 1.72. The molecule has 0 radical (unpaired) electrons. The molecule has 0 bridgehead atoms. The molecule has 178 valence electrons. The highest BCUT2D eigenvalue weighted by atomic mass is 32.1. The lowest BCUT2D eigenvalue weighted by atomic mass is 9.59. The van der Waals surface area contributed by atoms with E-state index in [0.29, 0.717) is 28.8 Å². The number of nitrogens with zero attached hydrogens (tertiary/aromatic N) is 1. The van der Waals surface area contributed by atoms with Crippen molar-refractivity contribution in [2.75, 3.05) is 0 Å². The summed E-state index contributed by atoms with van der Waals surface area (Å²) in [5.41, 5.74) is 3.56. The van der Waals surface area contributed by atoms with Gasteiger partial charge in [0, 0.05) is 22.4 Å². The van der Waals surface area contributed by atoms with E-state index in [-0.39, 0.29) is 22.7 Å². The molecule has 1 spiro atoms. The van der Waals surface area contributed by atoms with Crippen LogP contribution in [0, 0.1) is 5.41 Å². The third kappa shape index (κ3) is 3.89. The van der Waals surface area contributed by atoms with Gasteiger partial charge < -0.3 is 5.11 Å². The molecule has 0 aliphatic heterocycles. The number of ketones is 1. The second kappa shape index (κ2) is 8.31. The molecule has 1 atom stereocenters. The quantitative estimate of drug-likeness (QED) is 0.394. The number of halogens is 3. The Kier molecular flexibility index (Phi) is 5.68. The van der Waals surface area contributed by atoms with Crippen molar-refractivity contribution >= 4 is 17.1 Å². The lowest BCUT2D eigenvalue weighted by Gasteiger charge is -2.47. The van der Waals surface area contributed by atoms with Crippen molar-refractivity contribution in [2.24, 2.45) is 5.41 Å². The van der Waals surface area contributed by atoms with E-state index in [1.807, 2.05) is 30.7 Å². The van der Waals surface area contributed by atoms with Crippen molar-refractivity contribution in [3.05, 3.63) is 74.7 Å². The van der Waals surface area contributed by atoms with Crippen LogP contribution in [-0.4, -0.2) is 15.9 Å². The Morgan fingerprint density at radius 1 is 1.18 bits per heavy atom. The standard InChI is InChI=1S/C27H26F3NO2S/c1-15(2)24-23(25(33)16-4-6-18(7-5-16)27(28,29)30)21(17-8-11-34-14-17)22-19(31-24)12-26(9-3-10-26)13-20(22)32/h4-8,11,14-15,20,32H,3,9-10,12-13H2,1-2H3/t20-/m0/s1. The molecule has 0 saturated heterocycles. The largest absolute Gasteiger partial charge is 0.416 e. The van der Waals surface area contributed by atoms with Crippen LogP contribution in [-0.2, 0) is 12.6 Å². The lowest BCUT2D eigenvalue weighted by molar-refractivity contribution is -0.137. The first-order valence-corrected chi connectivity index (χ1v) is 12.5. The number of aliphatic hydroxyl groups is 1. The van der Waals surface area contributed by atoms with Crippen molar-refractivity contribution in [3.63, 3.8) is 0 Å². The molecule has 1 aromatic carbocycles. The van der Waals surface area contributed by atoms with Gasteiger partial charge in [-0.25, -0.2) is 0 Å². The van der Waals surface area contributed by atoms with Crippen molar-refractivity contribution in [2.45, 2.75) is 64.1 Å². The fourth-order valence-corrected chi connectivity index (χ4v) is 6.12. The van der Waals surface area contributed by atoms with Crippen LogP contribution in [0.15, 0.2) is 41.1 Å². The third-order valence-electron chi connectivity index (χ3n) is 7.32. The van der Waals surface area contributed by atoms with E-state index in [1.54, 1.807) is 0 Å². The maximum absolute atomic E-state index is 13.8. The van der Waals surface area contributed by atoms with Gasteiger partial charge >= 0.3 is 6.18 Å². The minimum absolute atomic E-state index is 0.0764. The number of hydrogen-bond acceptors (Lipinski definition) is 4. The first-order chi connectivity index (χ1) is 16.1. The smallest absolute Gasteiger partial charge is 0.388 e. The molecule has 2 aliphatic rings. The fraction of sp³-hybridized carbons (Fsp3) is 0.407. The van der Waals surface area contributed by atoms with Crippen LogP contribution >= 0.6 is 11.3 Å². The molecule has 2 heterocycles. The van der Waals surface area contributed by atoms with E-state index < -0.39 is 17.8 Å². The van der Waals surface area contributed by atoms with E-state index in [9.17, 15) is 23.1 Å². The van der Waals surface area contributed by atoms with Gasteiger partial charge in [0.05, 0.1) is 22.9 Å². The van der Waals surface area contributed by atoms with Crippen LogP contribution < -0.4 is 0 Å². The number of aliphatic hydroxyl groups excluding tert-OH is 1. The molecule has 2 aliphatic carbocycles. The van der Waals surface area contributed by atoms with Crippen LogP contribution in [0.3, 0.4) is 0 Å². The van der Waals surface area contributed by atoms with E-state index in [4.69, 9.17) is 4.98 Å². The zero-order chi connectivity index (χ0) is 24.3. The highest BCUT2D eigenvalue weighted by Gasteiger charge is 2.45. The Hall–Kier alpha value is -2.51. The van der Waals surface area contributed by atoms with E-state index in [1.165, 1.54) is 23.5 Å². The second-order valence-electron chi connectivity index (χ2n) is 9.93. The average Bonchev–Trinajstić information content (AvgIpc) is 3.30. The number of carbonyl (C=O) groups is 1. The van der Waals surface area contributed by atoms with Gasteiger partial charge in [-0.3, -0.25) is 9.78 Å². The first-order valence-electron chi connectivity index (χ1n) is 11.6. The Bertz CT molecular complexity index is 1230. The van der Waals surface area contributed by atoms with Crippen molar-refractivity contribution in [1.29, 1.82) is 0 Å². The fourth-order valence-electron chi connectivity index (χ4n) is 5.47. The van der Waals surface area contributed by atoms with Gasteiger partial charge in [-0.1, -0.05) is 32.4 Å². The molecule has 34 heavy (non-hydrogen) atoms. The van der Waals surface area contributed by atoms with Gasteiger partial charge in [-0.2, -0.15) is 24.5 Å². The van der Waals surface area contributed by atoms with Crippen LogP contribution in [0.25, 0.3) is 11.1 Å². The van der Waals surface area contributed by atoms with E-state index in [0.717, 1.165) is 49.1 Å². The molecule has 2 aromatic heterocycles. The monoisotopic (exact) mass is 485 g/mol. The number of hydrogen-bond donors (Lipinski definition) is 1. The second-order valence-corrected chi connectivity index (χ2v) is 10.7. The van der Waals surface area contributed by atoms with Crippen molar-refractivity contribution in [3.8, 4) is 11.1 Å². The van der Waals surface area contributed by atoms with Gasteiger partial charge in [-0.15, -0.1) is 0 Å². The highest BCUT2D eigenvalue weighted by molar-refractivity contribution is 7.08. The number of fused-ring (bicyclic) bond motifs is 1. The maximum atomic E-state index is 13.8. The summed E-state index contributed by atoms with van der Waals surface area (Å²) in [5.74, 6) is -0.447. The Morgan fingerprint density at radius 2 is 1.88 bits per heavy atom. The van der Waals surface area contributed by atoms with Gasteiger partial charge in [0.25, 0.3) is 0 Å². The number of benzene rings is 1. The topological polar surface area (TPSA) is 50.2 Å². The maximum Gasteiger partial charge on any atom is 0.416 e. The van der Waals surface area contributed by atoms with E-state index in [2.05, 4.69) is 0 Å². The van der Waals surface area contributed by atoms with Crippen LogP contribution in [0.1, 0.15) is 90.0 Å². The third-order valence-corrected chi connectivity index (χ3v) is 8.00. The minimum Gasteiger partial charge on any atom is -0.388 e. The van der Waals surface area contributed by atoms with Gasteiger partial charge in [0.1, 0.15) is 0 Å². The molecular formula is C27H26F3NO2S. The summed E-state index contributed by atoms with van der Waals surface area (Å²) in [6.45, 7) is 3.93. The zero-order valence-electron chi connectivity index (χ0n) is 19.1. The average molecular weight is 486 g/mol. The number of aromatic nitrogens is 1. The number of rotatable bonds is 4. The molecule has 0 amide bonds. The summed E-state index contributed by atoms with van der Waals surface area (Å²) in [7, 11) is 0. The summed E-state index contributed by atoms with van der Waals surface area (Å²) in [6, 6.07) is 6.26. The molecule has 7 heteroatoms. The SMILES string of the molecule is CC(C)c1nc2c(c(-c3ccsc3)c1C(=O)c1ccc(C(F)(F)F)cc1)[C@@H](O)CC1(CCC1)C2. The van der Waals surface area contributed by atoms with Crippen molar-refractivity contribution < 1.29 is 23.1 Å². The molecule has 5 rings (SSSR count). The molecule has 3 aromatic rings. The predicted octanol–water partition coefficient (Wildman–Crippen LogP) is 7.33. The normalized spacial score (nSPS) is 19.2. The first kappa shape index (κ1) is 23.2. The Morgan fingerprint density at radius 3 is 2.41 bits per heavy atom. The number of pyridine rings is 1. The molecular weight excluding hydrogens is 459 g/mol. The molecule has 1 fully saturated rings. The summed E-state index contributed by atoms with van der Waals surface area (Å²) < 4.78 is 39.2. The molecule has 1 saturated carbocycles. The number of alkyl halides is 3. The summed E-state index contributed by atoms with van der Waals surface area (Å²) >= 11 is 1.50. The minimum atomic E-state index is -4.47. The number of thiophene rings is 1. The summed E-state index contributed by atoms with van der Waals surface area (Å²) in [5, 5.41) is 15.2. The van der Waals surface area contributed by atoms with E-state index >= 15 is 0 Å². The van der Waals surface area contributed by atoms with Gasteiger partial charge in [0.15, 0.2) is 5.78 Å². The molecule has 1 N–H and O–H groups in total. The molecule has 3 nitrogen and oxygen atoms in total. The Labute approximate surface area is 200 Å². The van der Waals surface area contributed by atoms with Gasteiger partial charge in [0.2, 0.25) is 0 Å². The highest BCUT2D eigenvalue weighted by Crippen LogP contribution is 2.55. The number of carbonyl (C=O) groups excluding carboxylic acids is 1. The summed E-state index contributed by atoms with van der Waals surface area (Å²) in [4.78, 5) is 18.8. The molecule has 0 unspecified atom stereocenters. The zero-order valence-corrected chi connectivity index (χ0v) is 19.9. The van der Waals surface area contributed by atoms with Crippen LogP contribution in [0.5, 0.6) is 0 Å². The van der Waals surface area contributed by atoms with Crippen LogP contribution in [0.2, 0.25) is 0 Å². The van der Waals surface area contributed by atoms with Gasteiger partial charge in [-0.05, 0) is 71.5 Å². The summed E-state index contributed by atoms with van der Waals surface area (Å²) in [6.07, 6.45) is -0.474. The van der Waals surface area contributed by atoms with Crippen molar-refractivity contribution in [1.82, 2.24) is 4.98 Å².